The molecule has 5 heterocycles. The van der Waals surface area contributed by atoms with Crippen LogP contribution in [0.1, 0.15) is 291 Å². The second kappa shape index (κ2) is 36.2. The second-order valence-corrected chi connectivity index (χ2v) is 48.7. The Morgan fingerprint density at radius 3 is 0.533 bits per heavy atom. The Kier molecular flexibility index (Phi) is 26.5. The number of rotatable bonds is 24. The summed E-state index contributed by atoms with van der Waals surface area (Å²) in [6.45, 7) is 68.4. The van der Waals surface area contributed by atoms with E-state index >= 15 is 0 Å². The number of hydrogen-bond donors (Lipinski definition) is 0. The molecule has 10 aromatic carbocycles. The van der Waals surface area contributed by atoms with Crippen molar-refractivity contribution in [3.8, 4) is 127 Å². The van der Waals surface area contributed by atoms with Gasteiger partial charge in [0.2, 0.25) is 0 Å². The molecule has 0 radical (unpaired) electrons. The van der Waals surface area contributed by atoms with Crippen LogP contribution in [-0.2, 0) is 52.0 Å². The van der Waals surface area contributed by atoms with Gasteiger partial charge in [-0.15, -0.1) is 0 Å². The molecule has 13 aromatic rings. The Morgan fingerprint density at radius 2 is 0.378 bits per heavy atom. The minimum Gasteiger partial charge on any atom is -0.453 e. The third-order valence-corrected chi connectivity index (χ3v) is 25.3. The molecule has 0 amide bonds. The summed E-state index contributed by atoms with van der Waals surface area (Å²) in [5, 5.41) is 23.7. The normalized spacial score (nSPS) is 13.1. The summed E-state index contributed by atoms with van der Waals surface area (Å²) >= 11 is 0. The predicted molar refractivity (Wildman–Crippen MR) is 545 cm³/mol. The molecular formula is C118H134N10O6Zn. The van der Waals surface area contributed by atoms with Crippen molar-refractivity contribution in [2.24, 2.45) is 32.5 Å². The number of ether oxygens (including phenoxy) is 6. The molecule has 0 fully saturated rings. The van der Waals surface area contributed by atoms with E-state index in [1.165, 1.54) is 33.4 Å². The van der Waals surface area contributed by atoms with E-state index < -0.39 is 0 Å². The predicted octanol–water partition coefficient (Wildman–Crippen LogP) is 32.9. The molecule has 0 aliphatic carbocycles. The van der Waals surface area contributed by atoms with Crippen molar-refractivity contribution < 1.29 is 47.9 Å². The summed E-state index contributed by atoms with van der Waals surface area (Å²) in [6.07, 6.45) is 5.72. The van der Waals surface area contributed by atoms with Crippen LogP contribution in [0.5, 0.6) is 69.0 Å². The molecule has 0 atom stereocenters. The maximum absolute atomic E-state index is 10.9. The minimum absolute atomic E-state index is 0. The van der Waals surface area contributed by atoms with Crippen LogP contribution in [-0.4, -0.2) is 29.9 Å². The van der Waals surface area contributed by atoms with Crippen LogP contribution < -0.4 is 38.4 Å². The molecule has 0 unspecified atom stereocenters. The van der Waals surface area contributed by atoms with Crippen LogP contribution in [0.25, 0.3) is 89.7 Å². The maximum atomic E-state index is 10.9. The summed E-state index contributed by atoms with van der Waals surface area (Å²) in [6, 6.07) is 69.1. The number of aromatic nitrogens is 8. The molecule has 3 aromatic heterocycles. The van der Waals surface area contributed by atoms with Crippen molar-refractivity contribution in [1.29, 1.82) is 10.5 Å². The Balaban J connectivity index is 0.0000146. The van der Waals surface area contributed by atoms with Gasteiger partial charge in [0.15, 0.2) is 34.5 Å². The average Bonchev–Trinajstić information content (AvgIpc) is 1.59. The molecule has 15 rings (SSSR count). The van der Waals surface area contributed by atoms with Crippen molar-refractivity contribution in [3.05, 3.63) is 239 Å². The van der Waals surface area contributed by atoms with Gasteiger partial charge in [0, 0.05) is 44.8 Å². The molecule has 8 bridgehead atoms. The Bertz CT molecular complexity index is 6490. The zero-order valence-corrected chi connectivity index (χ0v) is 88.3. The monoisotopic (exact) mass is 1850 g/mol. The first-order chi connectivity index (χ1) is 62.3. The fourth-order valence-electron chi connectivity index (χ4n) is 21.6. The summed E-state index contributed by atoms with van der Waals surface area (Å²) in [5.74, 6) is 6.37. The molecule has 135 heavy (non-hydrogen) atoms. The van der Waals surface area contributed by atoms with Crippen molar-refractivity contribution >= 4 is 44.1 Å². The molecule has 0 saturated heterocycles. The van der Waals surface area contributed by atoms with E-state index in [4.69, 9.17) is 68.3 Å². The zero-order chi connectivity index (χ0) is 97.0. The molecule has 694 valence electrons. The van der Waals surface area contributed by atoms with E-state index in [1.807, 2.05) is 109 Å². The number of fused-ring (bicyclic) bond motifs is 20. The first-order valence-corrected chi connectivity index (χ1v) is 47.3. The van der Waals surface area contributed by atoms with Gasteiger partial charge in [-0.2, -0.15) is 10.5 Å². The summed E-state index contributed by atoms with van der Waals surface area (Å²) < 4.78 is 43.1. The SMILES string of the molecule is CC(C)(C)CC(C)(C)c1ccc(Oc2cc3c(cc2Oc2ccc(C(C)(C)CC(C)(C)C)cc2)-c2nc-3nc3[n-]c(nc4nc(nc5[n-]c(n2)c2cc(Oc6ccc(C(C)(C)CC(C)(C)C)cc6)c(Oc6ccc(C(C)(C)CC(C)(C)C)cc6)cc52)-c2cc(Oc5ccc(C(C)(C)CC(C)(C)C)cc5)c(Oc5ccc(C(C)(C)CC(C)(C)C)cc5)cc2-4)c2cc(C#N)c(C#N)cc32)cc1.[Zn+2]. The van der Waals surface area contributed by atoms with Gasteiger partial charge in [-0.05, 0) is 280 Å². The van der Waals surface area contributed by atoms with Crippen LogP contribution in [0.3, 0.4) is 0 Å². The first-order valence-electron chi connectivity index (χ1n) is 47.3. The van der Waals surface area contributed by atoms with E-state index in [9.17, 15) is 10.5 Å². The van der Waals surface area contributed by atoms with E-state index in [0.717, 1.165) is 38.5 Å². The fraction of sp³-hybridized carbons (Fsp3) is 0.407. The van der Waals surface area contributed by atoms with Crippen LogP contribution in [0.15, 0.2) is 194 Å². The third-order valence-electron chi connectivity index (χ3n) is 25.3. The fourth-order valence-corrected chi connectivity index (χ4v) is 21.6. The van der Waals surface area contributed by atoms with Gasteiger partial charge < -0.3 is 58.3 Å². The van der Waals surface area contributed by atoms with Crippen molar-refractivity contribution in [3.63, 3.8) is 0 Å². The first kappa shape index (κ1) is 98.9. The largest absolute Gasteiger partial charge is 2.00 e. The van der Waals surface area contributed by atoms with Gasteiger partial charge in [0.25, 0.3) is 0 Å². The van der Waals surface area contributed by atoms with Crippen LogP contribution in [0.2, 0.25) is 0 Å². The third kappa shape index (κ3) is 23.0. The van der Waals surface area contributed by atoms with Gasteiger partial charge in [-0.25, -0.2) is 9.97 Å². The van der Waals surface area contributed by atoms with Crippen LogP contribution in [0, 0.1) is 55.2 Å². The average molecular weight is 1850 g/mol. The summed E-state index contributed by atoms with van der Waals surface area (Å²) in [4.78, 5) is 44.1. The zero-order valence-electron chi connectivity index (χ0n) is 85.3. The molecular weight excluding hydrogens is 1720 g/mol. The van der Waals surface area contributed by atoms with Crippen molar-refractivity contribution in [2.45, 2.75) is 279 Å². The number of nitrogens with zero attached hydrogens (tertiary/aromatic N) is 10. The standard InChI is InChI=1S/C118H134N10O6.Zn/c1-107(2,3)65-113(19,20)73-31-43-79(44-32-73)129-93-57-87-89(59-95(93)131-81-47-35-75(36-48-81)115(23,24)67-109(7,8)9)103-124-101(87)122-99-85-55-71(63-119)72(64-120)56-86(85)100(121-99)123-102-88-58-94(130-80-45-33-74(34-46-80)114(21,22)66-108(4,5)6)96(132-82-49-37-76(38-50-82)116(25,26)68-110(10,11)12)60-90(88)104(125-102)127-106-92-62-98(134-84-53-41-78(42-54-84)118(29,30)70-112(16,17)18)97(61-91(92)105(126-103)128-106)133-83-51-39-77(40-52-83)117(27,28)69-111(13,14)15;/h31-62H,65-70H2,1-30H3;/q-2;+2. The number of nitriles is 2. The number of benzene rings is 10. The topological polar surface area (TPSA) is 208 Å². The van der Waals surface area contributed by atoms with E-state index in [2.05, 4.69) is 293 Å². The number of hydrogen-bond acceptors (Lipinski definition) is 14. The van der Waals surface area contributed by atoms with Gasteiger partial charge in [-0.1, -0.05) is 281 Å². The molecule has 2 aliphatic rings. The van der Waals surface area contributed by atoms with Crippen molar-refractivity contribution in [2.75, 3.05) is 0 Å². The maximum Gasteiger partial charge on any atom is 2.00 e. The second-order valence-electron chi connectivity index (χ2n) is 48.7. The van der Waals surface area contributed by atoms with Gasteiger partial charge in [0.1, 0.15) is 46.6 Å². The van der Waals surface area contributed by atoms with E-state index in [0.29, 0.717) is 113 Å². The quantitative estimate of drug-likeness (QED) is 0.0515. The summed E-state index contributed by atoms with van der Waals surface area (Å²) in [7, 11) is 0. The smallest absolute Gasteiger partial charge is 0.453 e. The molecule has 0 spiro atoms. The summed E-state index contributed by atoms with van der Waals surface area (Å²) in [5.41, 5.74) is 9.53. The Labute approximate surface area is 813 Å². The van der Waals surface area contributed by atoms with Crippen molar-refractivity contribution in [1.82, 2.24) is 39.9 Å². The Hall–Kier alpha value is -12.0. The van der Waals surface area contributed by atoms with Gasteiger partial charge in [0.05, 0.1) is 34.4 Å². The molecule has 0 N–H and O–H groups in total. The van der Waals surface area contributed by atoms with Crippen LogP contribution in [0.4, 0.5) is 0 Å². The molecule has 16 nitrogen and oxygen atoms in total. The van der Waals surface area contributed by atoms with E-state index in [-0.39, 0.29) is 141 Å². The Morgan fingerprint density at radius 1 is 0.222 bits per heavy atom. The molecule has 2 aliphatic heterocycles. The van der Waals surface area contributed by atoms with Crippen LogP contribution >= 0.6 is 0 Å². The van der Waals surface area contributed by atoms with Gasteiger partial charge >= 0.3 is 19.5 Å². The minimum atomic E-state index is -0.155. The van der Waals surface area contributed by atoms with E-state index in [1.54, 1.807) is 12.1 Å². The molecule has 17 heteroatoms. The van der Waals surface area contributed by atoms with Gasteiger partial charge in [-0.3, -0.25) is 0 Å². The molecule has 0 saturated carbocycles.